The maximum atomic E-state index is 12.4. The molecule has 1 saturated heterocycles. The number of piperidine rings is 1. The Morgan fingerprint density at radius 2 is 1.92 bits per heavy atom. The van der Waals surface area contributed by atoms with Crippen LogP contribution < -0.4 is 5.76 Å². The number of hydrogen-bond acceptors (Lipinski definition) is 4. The smallest absolute Gasteiger partial charge is 0.408 e. The van der Waals surface area contributed by atoms with Crippen LogP contribution in [0.3, 0.4) is 0 Å². The van der Waals surface area contributed by atoms with Crippen LogP contribution in [0.15, 0.2) is 33.5 Å². The lowest BCUT2D eigenvalue weighted by atomic mass is 10.0. The molecule has 1 aromatic carbocycles. The number of oxazole rings is 1. The summed E-state index contributed by atoms with van der Waals surface area (Å²) in [6, 6.07) is 9.06. The van der Waals surface area contributed by atoms with E-state index in [0.29, 0.717) is 17.7 Å². The van der Waals surface area contributed by atoms with Gasteiger partial charge in [0.25, 0.3) is 0 Å². The molecule has 138 valence electrons. The highest BCUT2D eigenvalue weighted by atomic mass is 16.4. The molecule has 5 heteroatoms. The van der Waals surface area contributed by atoms with Crippen LogP contribution in [0.2, 0.25) is 0 Å². The van der Waals surface area contributed by atoms with Gasteiger partial charge in [-0.05, 0) is 59.2 Å². The highest BCUT2D eigenvalue weighted by Crippen LogP contribution is 2.24. The first-order chi connectivity index (χ1) is 12.0. The maximum Gasteiger partial charge on any atom is 0.420 e. The second kappa shape index (κ2) is 7.75. The molecule has 1 aliphatic rings. The van der Waals surface area contributed by atoms with E-state index in [1.54, 1.807) is 0 Å². The van der Waals surface area contributed by atoms with Crippen LogP contribution in [0.25, 0.3) is 11.1 Å². The Bertz CT molecular complexity index is 739. The molecule has 1 fully saturated rings. The molecule has 0 aliphatic carbocycles. The molecule has 0 spiro atoms. The van der Waals surface area contributed by atoms with Crippen molar-refractivity contribution in [3.8, 4) is 0 Å². The Morgan fingerprint density at radius 3 is 2.64 bits per heavy atom. The van der Waals surface area contributed by atoms with Crippen molar-refractivity contribution in [1.29, 1.82) is 0 Å². The van der Waals surface area contributed by atoms with Crippen LogP contribution in [0.5, 0.6) is 0 Å². The Hall–Kier alpha value is -1.59. The van der Waals surface area contributed by atoms with Crippen molar-refractivity contribution in [2.75, 3.05) is 26.2 Å². The summed E-state index contributed by atoms with van der Waals surface area (Å²) in [4.78, 5) is 17.4. The Kier molecular flexibility index (Phi) is 5.64. The molecule has 0 N–H and O–H groups in total. The molecule has 0 saturated carbocycles. The van der Waals surface area contributed by atoms with E-state index in [2.05, 4.69) is 37.5 Å². The quantitative estimate of drug-likeness (QED) is 0.805. The number of fused-ring (bicyclic) bond motifs is 1. The van der Waals surface area contributed by atoms with Crippen molar-refractivity contribution < 1.29 is 4.42 Å². The van der Waals surface area contributed by atoms with Gasteiger partial charge in [-0.2, -0.15) is 0 Å². The average Bonchev–Trinajstić information content (AvgIpc) is 2.90. The number of aromatic nitrogens is 1. The van der Waals surface area contributed by atoms with Crippen molar-refractivity contribution in [2.24, 2.45) is 0 Å². The molecule has 1 aliphatic heterocycles. The van der Waals surface area contributed by atoms with Crippen LogP contribution in [-0.2, 0) is 0 Å². The molecule has 1 aromatic heterocycles. The highest BCUT2D eigenvalue weighted by Gasteiger charge is 2.25. The molecule has 3 rings (SSSR count). The van der Waals surface area contributed by atoms with E-state index in [-0.39, 0.29) is 11.8 Å². The second-order valence-corrected chi connectivity index (χ2v) is 7.73. The summed E-state index contributed by atoms with van der Waals surface area (Å²) in [5.41, 5.74) is 1.61. The predicted molar refractivity (Wildman–Crippen MR) is 102 cm³/mol. The summed E-state index contributed by atoms with van der Waals surface area (Å²) in [5, 5.41) is 0. The van der Waals surface area contributed by atoms with Gasteiger partial charge in [0.1, 0.15) is 0 Å². The normalized spacial score (nSPS) is 19.6. The van der Waals surface area contributed by atoms with E-state index in [1.807, 2.05) is 28.8 Å². The standard InChI is InChI=1S/C20H31N3O2/c1-15(2)22(16(3)4)13-12-21-11-7-8-17(14-21)23-18-9-5-6-10-19(18)25-20(23)24/h5-6,9-10,15-17H,7-8,11-14H2,1-4H3/t17-/m0/s1. The first-order valence-corrected chi connectivity index (χ1v) is 9.55. The average molecular weight is 345 g/mol. The van der Waals surface area contributed by atoms with Gasteiger partial charge in [-0.1, -0.05) is 12.1 Å². The molecule has 2 aromatic rings. The van der Waals surface area contributed by atoms with E-state index in [0.717, 1.165) is 44.5 Å². The number of para-hydroxylation sites is 2. The summed E-state index contributed by atoms with van der Waals surface area (Å²) in [7, 11) is 0. The third-order valence-corrected chi connectivity index (χ3v) is 5.37. The third-order valence-electron chi connectivity index (χ3n) is 5.37. The van der Waals surface area contributed by atoms with Crippen LogP contribution in [0.1, 0.15) is 46.6 Å². The zero-order chi connectivity index (χ0) is 18.0. The Balaban J connectivity index is 1.71. The fraction of sp³-hybridized carbons (Fsp3) is 0.650. The zero-order valence-corrected chi connectivity index (χ0v) is 15.9. The van der Waals surface area contributed by atoms with Gasteiger partial charge in [-0.3, -0.25) is 9.47 Å². The van der Waals surface area contributed by atoms with Gasteiger partial charge in [-0.15, -0.1) is 0 Å². The van der Waals surface area contributed by atoms with E-state index in [9.17, 15) is 4.79 Å². The van der Waals surface area contributed by atoms with E-state index < -0.39 is 0 Å². The van der Waals surface area contributed by atoms with Crippen LogP contribution in [-0.4, -0.2) is 52.6 Å². The van der Waals surface area contributed by atoms with E-state index in [4.69, 9.17) is 4.42 Å². The van der Waals surface area contributed by atoms with Gasteiger partial charge in [0.2, 0.25) is 0 Å². The Morgan fingerprint density at radius 1 is 1.20 bits per heavy atom. The van der Waals surface area contributed by atoms with Crippen molar-refractivity contribution >= 4 is 11.1 Å². The minimum atomic E-state index is -0.223. The number of rotatable bonds is 6. The lowest BCUT2D eigenvalue weighted by Gasteiger charge is -2.36. The minimum Gasteiger partial charge on any atom is -0.408 e. The first-order valence-electron chi connectivity index (χ1n) is 9.55. The largest absolute Gasteiger partial charge is 0.420 e. The summed E-state index contributed by atoms with van der Waals surface area (Å²) in [5.74, 6) is -0.223. The van der Waals surface area contributed by atoms with Gasteiger partial charge >= 0.3 is 5.76 Å². The SMILES string of the molecule is CC(C)N(CCN1CCC[C@H](n2c(=O)oc3ccccc32)C1)C(C)C. The van der Waals surface area contributed by atoms with Crippen molar-refractivity contribution in [2.45, 2.75) is 58.7 Å². The summed E-state index contributed by atoms with van der Waals surface area (Å²) in [6.07, 6.45) is 2.16. The first kappa shape index (κ1) is 18.2. The number of benzene rings is 1. The van der Waals surface area contributed by atoms with Gasteiger partial charge in [0, 0.05) is 31.7 Å². The molecule has 0 bridgehead atoms. The lowest BCUT2D eigenvalue weighted by Crippen LogP contribution is -2.45. The topological polar surface area (TPSA) is 41.6 Å². The van der Waals surface area contributed by atoms with Crippen LogP contribution in [0, 0.1) is 0 Å². The summed E-state index contributed by atoms with van der Waals surface area (Å²) >= 11 is 0. The van der Waals surface area contributed by atoms with E-state index in [1.165, 1.54) is 0 Å². The second-order valence-electron chi connectivity index (χ2n) is 7.73. The van der Waals surface area contributed by atoms with Gasteiger partial charge < -0.3 is 9.32 Å². The molecular weight excluding hydrogens is 314 g/mol. The molecule has 0 unspecified atom stereocenters. The molecule has 25 heavy (non-hydrogen) atoms. The van der Waals surface area contributed by atoms with Gasteiger partial charge in [0.05, 0.1) is 11.6 Å². The number of hydrogen-bond donors (Lipinski definition) is 0. The zero-order valence-electron chi connectivity index (χ0n) is 15.9. The lowest BCUT2D eigenvalue weighted by molar-refractivity contribution is 0.118. The maximum absolute atomic E-state index is 12.4. The third kappa shape index (κ3) is 3.98. The molecule has 5 nitrogen and oxygen atoms in total. The molecule has 1 atom stereocenters. The van der Waals surface area contributed by atoms with Gasteiger partial charge in [-0.25, -0.2) is 4.79 Å². The molecule has 0 radical (unpaired) electrons. The van der Waals surface area contributed by atoms with E-state index >= 15 is 0 Å². The fourth-order valence-electron chi connectivity index (χ4n) is 4.14. The van der Waals surface area contributed by atoms with Crippen molar-refractivity contribution in [3.63, 3.8) is 0 Å². The molecular formula is C20H31N3O2. The molecule has 2 heterocycles. The van der Waals surface area contributed by atoms with Crippen LogP contribution >= 0.6 is 0 Å². The number of likely N-dealkylation sites (tertiary alicyclic amines) is 1. The fourth-order valence-corrected chi connectivity index (χ4v) is 4.14. The van der Waals surface area contributed by atoms with Gasteiger partial charge in [0.15, 0.2) is 5.58 Å². The predicted octanol–water partition coefficient (Wildman–Crippen LogP) is 3.35. The number of nitrogens with zero attached hydrogens (tertiary/aromatic N) is 3. The monoisotopic (exact) mass is 345 g/mol. The van der Waals surface area contributed by atoms with Crippen molar-refractivity contribution in [1.82, 2.24) is 14.4 Å². The Labute approximate surface area is 150 Å². The minimum absolute atomic E-state index is 0.205. The van der Waals surface area contributed by atoms with Crippen LogP contribution in [0.4, 0.5) is 0 Å². The highest BCUT2D eigenvalue weighted by molar-refractivity contribution is 5.72. The summed E-state index contributed by atoms with van der Waals surface area (Å²) in [6.45, 7) is 13.2. The summed E-state index contributed by atoms with van der Waals surface area (Å²) < 4.78 is 7.29. The molecule has 0 amide bonds. The van der Waals surface area contributed by atoms with Crippen molar-refractivity contribution in [3.05, 3.63) is 34.8 Å².